The molecule has 0 saturated heterocycles. The van der Waals surface area contributed by atoms with Gasteiger partial charge < -0.3 is 0 Å². The summed E-state index contributed by atoms with van der Waals surface area (Å²) in [4.78, 5) is 0. The summed E-state index contributed by atoms with van der Waals surface area (Å²) in [6.45, 7) is 8.57. The van der Waals surface area contributed by atoms with Crippen LogP contribution in [0.2, 0.25) is 0 Å². The predicted octanol–water partition coefficient (Wildman–Crippen LogP) is 6.80. The molecule has 3 aromatic rings. The lowest BCUT2D eigenvalue weighted by Crippen LogP contribution is -1.83. The van der Waals surface area contributed by atoms with Gasteiger partial charge >= 0.3 is 0 Å². The maximum absolute atomic E-state index is 2.20. The molecule has 3 aromatic carbocycles. The summed E-state index contributed by atoms with van der Waals surface area (Å²) in [6.07, 6.45) is 0. The molecule has 23 heavy (non-hydrogen) atoms. The number of benzene rings is 3. The van der Waals surface area contributed by atoms with E-state index in [0.717, 1.165) is 0 Å². The Hall–Kier alpha value is -2.34. The van der Waals surface area contributed by atoms with Crippen molar-refractivity contribution in [2.24, 2.45) is 0 Å². The van der Waals surface area contributed by atoms with Gasteiger partial charge in [-0.2, -0.15) is 0 Å². The molecule has 0 radical (unpaired) electrons. The maximum atomic E-state index is 2.20. The van der Waals surface area contributed by atoms with Crippen LogP contribution < -0.4 is 0 Å². The minimum Gasteiger partial charge on any atom is -0.0622 e. The zero-order chi connectivity index (χ0) is 16.9. The van der Waals surface area contributed by atoms with Crippen molar-refractivity contribution in [1.29, 1.82) is 0 Å². The molecule has 0 N–H and O–H groups in total. The molecule has 0 aliphatic carbocycles. The number of aryl methyl sites for hydroxylation is 2. The quantitative estimate of drug-likeness (QED) is 0.463. The average molecular weight is 304 g/mol. The summed E-state index contributed by atoms with van der Waals surface area (Å²) in [5.41, 5.74) is 4.06. The number of hydrogen-bond donors (Lipinski definition) is 0. The van der Waals surface area contributed by atoms with Gasteiger partial charge in [-0.05, 0) is 25.3 Å². The van der Waals surface area contributed by atoms with Crippen molar-refractivity contribution in [2.45, 2.75) is 33.6 Å². The third-order valence-corrected chi connectivity index (χ3v) is 3.35. The molecule has 0 heteroatoms. The predicted molar refractivity (Wildman–Crippen MR) is 103 cm³/mol. The van der Waals surface area contributed by atoms with Crippen LogP contribution in [0.5, 0.6) is 0 Å². The van der Waals surface area contributed by atoms with Crippen LogP contribution in [0.4, 0.5) is 0 Å². The Kier molecular flexibility index (Phi) is 9.16. The van der Waals surface area contributed by atoms with E-state index >= 15 is 0 Å². The van der Waals surface area contributed by atoms with Crippen LogP contribution >= 0.6 is 0 Å². The minimum atomic E-state index is 0.659. The average Bonchev–Trinajstić information content (AvgIpc) is 2.58. The molecular formula is C23H28. The van der Waals surface area contributed by atoms with Crippen molar-refractivity contribution in [3.63, 3.8) is 0 Å². The van der Waals surface area contributed by atoms with Gasteiger partial charge in [-0.25, -0.2) is 0 Å². The molecule has 3 rings (SSSR count). The fourth-order valence-corrected chi connectivity index (χ4v) is 1.91. The monoisotopic (exact) mass is 304 g/mol. The molecule has 0 fully saturated rings. The second kappa shape index (κ2) is 11.3. The Labute approximate surface area is 141 Å². The Morgan fingerprint density at radius 2 is 0.783 bits per heavy atom. The van der Waals surface area contributed by atoms with Crippen LogP contribution in [0.3, 0.4) is 0 Å². The first-order valence-electron chi connectivity index (χ1n) is 8.18. The molecule has 0 spiro atoms. The van der Waals surface area contributed by atoms with Crippen molar-refractivity contribution in [3.8, 4) is 0 Å². The maximum Gasteiger partial charge on any atom is -0.0219 e. The van der Waals surface area contributed by atoms with E-state index in [0.29, 0.717) is 5.92 Å². The van der Waals surface area contributed by atoms with Crippen LogP contribution in [-0.2, 0) is 0 Å². The first-order valence-corrected chi connectivity index (χ1v) is 8.18. The largest absolute Gasteiger partial charge is 0.0622 e. The van der Waals surface area contributed by atoms with Gasteiger partial charge in [-0.15, -0.1) is 0 Å². The van der Waals surface area contributed by atoms with E-state index < -0.39 is 0 Å². The van der Waals surface area contributed by atoms with E-state index in [9.17, 15) is 0 Å². The van der Waals surface area contributed by atoms with Crippen LogP contribution in [0.25, 0.3) is 0 Å². The summed E-state index contributed by atoms with van der Waals surface area (Å²) < 4.78 is 0. The van der Waals surface area contributed by atoms with Crippen molar-refractivity contribution in [3.05, 3.63) is 108 Å². The van der Waals surface area contributed by atoms with Crippen molar-refractivity contribution in [1.82, 2.24) is 0 Å². The van der Waals surface area contributed by atoms with E-state index in [1.54, 1.807) is 0 Å². The fourth-order valence-electron chi connectivity index (χ4n) is 1.91. The van der Waals surface area contributed by atoms with Crippen LogP contribution in [0.1, 0.15) is 36.5 Å². The van der Waals surface area contributed by atoms with Crippen molar-refractivity contribution in [2.75, 3.05) is 0 Å². The molecule has 0 nitrogen and oxygen atoms in total. The highest BCUT2D eigenvalue weighted by Crippen LogP contribution is 2.11. The highest BCUT2D eigenvalue weighted by molar-refractivity contribution is 5.17. The zero-order valence-electron chi connectivity index (χ0n) is 14.7. The van der Waals surface area contributed by atoms with Crippen molar-refractivity contribution < 1.29 is 0 Å². The van der Waals surface area contributed by atoms with E-state index in [1.165, 1.54) is 16.7 Å². The van der Waals surface area contributed by atoms with Crippen LogP contribution in [-0.4, -0.2) is 0 Å². The molecule has 0 heterocycles. The summed E-state index contributed by atoms with van der Waals surface area (Å²) in [5, 5.41) is 0. The Balaban J connectivity index is 0.000000175. The van der Waals surface area contributed by atoms with E-state index in [4.69, 9.17) is 0 Å². The van der Waals surface area contributed by atoms with E-state index in [1.807, 2.05) is 42.5 Å². The zero-order valence-corrected chi connectivity index (χ0v) is 14.7. The highest BCUT2D eigenvalue weighted by atomic mass is 14.0. The molecule has 0 aromatic heterocycles. The van der Waals surface area contributed by atoms with Gasteiger partial charge in [0.15, 0.2) is 0 Å². The number of rotatable bonds is 1. The van der Waals surface area contributed by atoms with Crippen LogP contribution in [0.15, 0.2) is 91.0 Å². The molecule has 0 aliphatic rings. The first-order chi connectivity index (χ1) is 11.1. The Morgan fingerprint density at radius 3 is 0.957 bits per heavy atom. The smallest absolute Gasteiger partial charge is 0.0219 e. The van der Waals surface area contributed by atoms with Crippen LogP contribution in [0, 0.1) is 13.8 Å². The summed E-state index contributed by atoms with van der Waals surface area (Å²) >= 11 is 0. The molecule has 0 atom stereocenters. The standard InChI is InChI=1S/C9H12.2C7H8/c1-8(2)9-6-4-3-5-7-9;2*1-7-5-3-2-4-6-7/h3-8H,1-2H3;2*2-6H,1H3. The first kappa shape index (κ1) is 18.7. The lowest BCUT2D eigenvalue weighted by atomic mass is 10.0. The SMILES string of the molecule is CC(C)c1ccccc1.Cc1ccccc1.Cc1ccccc1. The topological polar surface area (TPSA) is 0 Å². The third kappa shape index (κ3) is 9.31. The lowest BCUT2D eigenvalue weighted by molar-refractivity contribution is 0.867. The molecule has 0 amide bonds. The minimum absolute atomic E-state index is 0.659. The van der Waals surface area contributed by atoms with Gasteiger partial charge in [0.1, 0.15) is 0 Å². The van der Waals surface area contributed by atoms with Gasteiger partial charge in [0.05, 0.1) is 0 Å². The van der Waals surface area contributed by atoms with Gasteiger partial charge in [-0.1, -0.05) is 116 Å². The second-order valence-electron chi connectivity index (χ2n) is 5.87. The number of hydrogen-bond acceptors (Lipinski definition) is 0. The lowest BCUT2D eigenvalue weighted by Gasteiger charge is -2.01. The molecule has 0 unspecified atom stereocenters. The summed E-state index contributed by atoms with van der Waals surface area (Å²) in [7, 11) is 0. The Morgan fingerprint density at radius 1 is 0.478 bits per heavy atom. The molecular weight excluding hydrogens is 276 g/mol. The fraction of sp³-hybridized carbons (Fsp3) is 0.217. The van der Waals surface area contributed by atoms with E-state index in [-0.39, 0.29) is 0 Å². The second-order valence-corrected chi connectivity index (χ2v) is 5.87. The molecule has 120 valence electrons. The summed E-state index contributed by atoms with van der Waals surface area (Å²) in [5.74, 6) is 0.659. The van der Waals surface area contributed by atoms with Gasteiger partial charge in [0.2, 0.25) is 0 Å². The van der Waals surface area contributed by atoms with Gasteiger partial charge in [0, 0.05) is 0 Å². The molecule has 0 bridgehead atoms. The van der Waals surface area contributed by atoms with Crippen molar-refractivity contribution >= 4 is 0 Å². The van der Waals surface area contributed by atoms with E-state index in [2.05, 4.69) is 76.2 Å². The highest BCUT2D eigenvalue weighted by Gasteiger charge is 1.93. The van der Waals surface area contributed by atoms with Gasteiger partial charge in [0.25, 0.3) is 0 Å². The molecule has 0 aliphatic heterocycles. The normalized spacial score (nSPS) is 9.26. The summed E-state index contributed by atoms with van der Waals surface area (Å²) in [6, 6.07) is 31.0. The third-order valence-electron chi connectivity index (χ3n) is 3.35. The Bertz CT molecular complexity index is 572. The van der Waals surface area contributed by atoms with Gasteiger partial charge in [-0.3, -0.25) is 0 Å². The molecule has 0 saturated carbocycles.